The quantitative estimate of drug-likeness (QED) is 0.521. The van der Waals surface area contributed by atoms with Crippen LogP contribution >= 0.6 is 0 Å². The molecule has 0 fully saturated rings. The van der Waals surface area contributed by atoms with E-state index < -0.39 is 5.60 Å². The number of fused-ring (bicyclic) bond motifs is 1. The van der Waals surface area contributed by atoms with Crippen molar-refractivity contribution in [2.75, 3.05) is 0 Å². The van der Waals surface area contributed by atoms with Crippen molar-refractivity contribution in [3.8, 4) is 0 Å². The molecule has 0 bridgehead atoms. The summed E-state index contributed by atoms with van der Waals surface area (Å²) in [6, 6.07) is 24.6. The van der Waals surface area contributed by atoms with E-state index in [-0.39, 0.29) is 0 Å². The number of nitrogens with one attached hydrogen (secondary N) is 1. The van der Waals surface area contributed by atoms with Crippen LogP contribution in [0.1, 0.15) is 27.8 Å². The maximum absolute atomic E-state index is 11.9. The summed E-state index contributed by atoms with van der Waals surface area (Å²) in [7, 11) is 0. The smallest absolute Gasteiger partial charge is 0.119 e. The normalized spacial score (nSPS) is 11.8. The number of hydrogen-bond acceptors (Lipinski definition) is 1. The van der Waals surface area contributed by atoms with Crippen LogP contribution in [0.25, 0.3) is 10.9 Å². The molecule has 2 heteroatoms. The van der Waals surface area contributed by atoms with Gasteiger partial charge >= 0.3 is 0 Å². The van der Waals surface area contributed by atoms with Gasteiger partial charge in [-0.2, -0.15) is 0 Å². The van der Waals surface area contributed by atoms with Gasteiger partial charge in [-0.3, -0.25) is 0 Å². The standard InChI is InChI=1S/C24H23NO/c1-17-7-11-20(12-8-17)24(26,21-13-9-18(2)10-14-21)15-19-16-25-23-6-4-3-5-22(19)23/h3-14,16,25-26H,15H2,1-2H3. The van der Waals surface area contributed by atoms with Crippen LogP contribution in [0.3, 0.4) is 0 Å². The Balaban J connectivity index is 1.84. The van der Waals surface area contributed by atoms with Gasteiger partial charge in [-0.1, -0.05) is 77.9 Å². The van der Waals surface area contributed by atoms with E-state index in [1.165, 1.54) is 11.1 Å². The molecule has 130 valence electrons. The molecule has 0 aliphatic rings. The van der Waals surface area contributed by atoms with Crippen molar-refractivity contribution < 1.29 is 5.11 Å². The minimum atomic E-state index is -1.08. The zero-order valence-electron chi connectivity index (χ0n) is 15.2. The molecular formula is C24H23NO. The lowest BCUT2D eigenvalue weighted by molar-refractivity contribution is 0.0815. The van der Waals surface area contributed by atoms with Crippen molar-refractivity contribution in [3.05, 3.63) is 107 Å². The van der Waals surface area contributed by atoms with Crippen molar-refractivity contribution >= 4 is 10.9 Å². The Kier molecular flexibility index (Phi) is 4.14. The topological polar surface area (TPSA) is 36.0 Å². The number of rotatable bonds is 4. The van der Waals surface area contributed by atoms with Crippen LogP contribution in [-0.4, -0.2) is 10.1 Å². The number of aromatic nitrogens is 1. The summed E-state index contributed by atoms with van der Waals surface area (Å²) in [5.41, 5.74) is 5.34. The molecule has 0 amide bonds. The predicted molar refractivity (Wildman–Crippen MR) is 107 cm³/mol. The highest BCUT2D eigenvalue weighted by molar-refractivity contribution is 5.83. The minimum Gasteiger partial charge on any atom is -0.380 e. The van der Waals surface area contributed by atoms with Gasteiger partial charge in [0.15, 0.2) is 0 Å². The van der Waals surface area contributed by atoms with Crippen LogP contribution in [0.4, 0.5) is 0 Å². The first-order valence-corrected chi connectivity index (χ1v) is 8.98. The van der Waals surface area contributed by atoms with E-state index in [2.05, 4.69) is 55.2 Å². The summed E-state index contributed by atoms with van der Waals surface area (Å²) >= 11 is 0. The molecule has 0 saturated heterocycles. The Labute approximate surface area is 154 Å². The highest BCUT2D eigenvalue weighted by Crippen LogP contribution is 2.35. The average Bonchev–Trinajstić information content (AvgIpc) is 3.05. The fourth-order valence-corrected chi connectivity index (χ4v) is 3.58. The summed E-state index contributed by atoms with van der Waals surface area (Å²) in [5, 5.41) is 13.0. The lowest BCUT2D eigenvalue weighted by Gasteiger charge is -2.30. The van der Waals surface area contributed by atoms with Gasteiger partial charge in [0.1, 0.15) is 5.60 Å². The first-order valence-electron chi connectivity index (χ1n) is 8.98. The van der Waals surface area contributed by atoms with Crippen molar-refractivity contribution in [3.63, 3.8) is 0 Å². The maximum atomic E-state index is 11.9. The fourth-order valence-electron chi connectivity index (χ4n) is 3.58. The Hall–Kier alpha value is -2.84. The third-order valence-corrected chi connectivity index (χ3v) is 5.18. The number of benzene rings is 3. The molecule has 1 aromatic heterocycles. The van der Waals surface area contributed by atoms with Crippen LogP contribution in [-0.2, 0) is 12.0 Å². The molecule has 4 aromatic rings. The SMILES string of the molecule is Cc1ccc(C(O)(Cc2c[nH]c3ccccc23)c2ccc(C)cc2)cc1. The van der Waals surface area contributed by atoms with E-state index in [0.717, 1.165) is 27.6 Å². The first-order chi connectivity index (χ1) is 12.6. The van der Waals surface area contributed by atoms with Gasteiger partial charge in [0.2, 0.25) is 0 Å². The molecule has 0 aliphatic heterocycles. The number of aryl methyl sites for hydroxylation is 2. The van der Waals surface area contributed by atoms with Gasteiger partial charge in [0.05, 0.1) is 0 Å². The molecule has 0 saturated carbocycles. The Morgan fingerprint density at radius 2 is 1.31 bits per heavy atom. The third-order valence-electron chi connectivity index (χ3n) is 5.18. The average molecular weight is 341 g/mol. The second-order valence-electron chi connectivity index (χ2n) is 7.13. The molecule has 2 N–H and O–H groups in total. The van der Waals surface area contributed by atoms with Gasteiger partial charge in [0, 0.05) is 23.5 Å². The van der Waals surface area contributed by atoms with E-state index in [1.807, 2.05) is 42.6 Å². The lowest BCUT2D eigenvalue weighted by atomic mass is 9.81. The second-order valence-corrected chi connectivity index (χ2v) is 7.13. The molecule has 0 unspecified atom stereocenters. The molecule has 4 rings (SSSR count). The molecule has 2 nitrogen and oxygen atoms in total. The van der Waals surface area contributed by atoms with Crippen LogP contribution in [0.15, 0.2) is 79.0 Å². The molecule has 0 radical (unpaired) electrons. The third kappa shape index (κ3) is 2.93. The van der Waals surface area contributed by atoms with Crippen LogP contribution in [0.2, 0.25) is 0 Å². The first kappa shape index (κ1) is 16.6. The van der Waals surface area contributed by atoms with Crippen LogP contribution < -0.4 is 0 Å². The van der Waals surface area contributed by atoms with E-state index in [0.29, 0.717) is 6.42 Å². The maximum Gasteiger partial charge on any atom is 0.119 e. The summed E-state index contributed by atoms with van der Waals surface area (Å²) < 4.78 is 0. The van der Waals surface area contributed by atoms with E-state index in [1.54, 1.807) is 0 Å². The number of aliphatic hydroxyl groups is 1. The molecule has 0 aliphatic carbocycles. The fraction of sp³-hybridized carbons (Fsp3) is 0.167. The van der Waals surface area contributed by atoms with Gasteiger partial charge in [-0.15, -0.1) is 0 Å². The Bertz CT molecular complexity index is 980. The number of para-hydroxylation sites is 1. The molecule has 26 heavy (non-hydrogen) atoms. The Morgan fingerprint density at radius 1 is 0.769 bits per heavy atom. The largest absolute Gasteiger partial charge is 0.380 e. The monoisotopic (exact) mass is 341 g/mol. The van der Waals surface area contributed by atoms with Gasteiger partial charge < -0.3 is 10.1 Å². The summed E-state index contributed by atoms with van der Waals surface area (Å²) in [4.78, 5) is 3.32. The highest BCUT2D eigenvalue weighted by Gasteiger charge is 2.32. The van der Waals surface area contributed by atoms with Crippen molar-refractivity contribution in [1.82, 2.24) is 4.98 Å². The zero-order valence-corrected chi connectivity index (χ0v) is 15.2. The molecule has 0 spiro atoms. The number of H-pyrrole nitrogens is 1. The molecule has 1 heterocycles. The van der Waals surface area contributed by atoms with Crippen LogP contribution in [0, 0.1) is 13.8 Å². The molecular weight excluding hydrogens is 318 g/mol. The van der Waals surface area contributed by atoms with E-state index in [9.17, 15) is 5.11 Å². The zero-order chi connectivity index (χ0) is 18.1. The van der Waals surface area contributed by atoms with E-state index in [4.69, 9.17) is 0 Å². The van der Waals surface area contributed by atoms with Gasteiger partial charge in [0.25, 0.3) is 0 Å². The summed E-state index contributed by atoms with van der Waals surface area (Å²) in [5.74, 6) is 0. The minimum absolute atomic E-state index is 0.517. The van der Waals surface area contributed by atoms with Crippen molar-refractivity contribution in [1.29, 1.82) is 0 Å². The van der Waals surface area contributed by atoms with Crippen molar-refractivity contribution in [2.24, 2.45) is 0 Å². The number of hydrogen-bond donors (Lipinski definition) is 2. The molecule has 0 atom stereocenters. The van der Waals surface area contributed by atoms with Gasteiger partial charge in [-0.25, -0.2) is 0 Å². The number of aromatic amines is 1. The Morgan fingerprint density at radius 3 is 1.88 bits per heavy atom. The van der Waals surface area contributed by atoms with E-state index >= 15 is 0 Å². The summed E-state index contributed by atoms with van der Waals surface area (Å²) in [6.45, 7) is 4.13. The van der Waals surface area contributed by atoms with Gasteiger partial charge in [-0.05, 0) is 36.6 Å². The van der Waals surface area contributed by atoms with Crippen molar-refractivity contribution in [2.45, 2.75) is 25.9 Å². The molecule has 3 aromatic carbocycles. The highest BCUT2D eigenvalue weighted by atomic mass is 16.3. The predicted octanol–water partition coefficient (Wildman–Crippen LogP) is 5.26. The summed E-state index contributed by atoms with van der Waals surface area (Å²) in [6.07, 6.45) is 2.53. The van der Waals surface area contributed by atoms with Crippen LogP contribution in [0.5, 0.6) is 0 Å². The second kappa shape index (κ2) is 6.47. The lowest BCUT2D eigenvalue weighted by Crippen LogP contribution is -2.30.